The molecule has 0 spiro atoms. The SMILES string of the molecule is CC(C)NC(=O)N[C@@H]1C[C@H]2C(=O)NC[C@@H](CCC(=O)N3CCc4ccccc43)N2C1. The number of urea groups is 1. The number of para-hydroxylation sites is 1. The molecule has 3 heterocycles. The maximum atomic E-state index is 12.9. The number of fused-ring (bicyclic) bond motifs is 2. The lowest BCUT2D eigenvalue weighted by Gasteiger charge is -2.37. The Morgan fingerprint density at radius 2 is 2.07 bits per heavy atom. The molecule has 3 aliphatic rings. The molecule has 3 aliphatic heterocycles. The van der Waals surface area contributed by atoms with Crippen molar-refractivity contribution in [2.45, 2.75) is 63.7 Å². The summed E-state index contributed by atoms with van der Waals surface area (Å²) in [6.07, 6.45) is 2.64. The molecule has 0 bridgehead atoms. The standard InChI is InChI=1S/C22H31N5O3/c1-14(2)24-22(30)25-16-11-19-21(29)23-12-17(27(19)13-16)7-8-20(28)26-10-9-15-5-3-4-6-18(15)26/h3-6,14,16-17,19H,7-13H2,1-2H3,(H,23,29)(H2,24,25,30)/t16-,17-,19+/m1/s1. The first-order valence-electron chi connectivity index (χ1n) is 10.9. The van der Waals surface area contributed by atoms with E-state index in [-0.39, 0.29) is 42.0 Å². The average Bonchev–Trinajstić information content (AvgIpc) is 3.31. The third-order valence-corrected chi connectivity index (χ3v) is 6.26. The molecule has 4 amide bonds. The van der Waals surface area contributed by atoms with Crippen molar-refractivity contribution in [2.75, 3.05) is 24.5 Å². The quantitative estimate of drug-likeness (QED) is 0.672. The summed E-state index contributed by atoms with van der Waals surface area (Å²) >= 11 is 0. The van der Waals surface area contributed by atoms with Crippen LogP contribution in [0.15, 0.2) is 24.3 Å². The molecule has 0 aromatic heterocycles. The molecule has 8 nitrogen and oxygen atoms in total. The minimum absolute atomic E-state index is 0.0135. The lowest BCUT2D eigenvalue weighted by Crippen LogP contribution is -2.58. The fraction of sp³-hybridized carbons (Fsp3) is 0.591. The van der Waals surface area contributed by atoms with Crippen molar-refractivity contribution in [3.05, 3.63) is 29.8 Å². The van der Waals surface area contributed by atoms with Gasteiger partial charge < -0.3 is 20.9 Å². The Balaban J connectivity index is 1.34. The summed E-state index contributed by atoms with van der Waals surface area (Å²) in [5.74, 6) is 0.151. The van der Waals surface area contributed by atoms with Gasteiger partial charge in [-0.15, -0.1) is 0 Å². The average molecular weight is 414 g/mol. The fourth-order valence-electron chi connectivity index (χ4n) is 4.86. The molecule has 2 fully saturated rings. The van der Waals surface area contributed by atoms with Crippen molar-refractivity contribution < 1.29 is 14.4 Å². The van der Waals surface area contributed by atoms with E-state index >= 15 is 0 Å². The minimum atomic E-state index is -0.240. The smallest absolute Gasteiger partial charge is 0.315 e. The Morgan fingerprint density at radius 1 is 1.27 bits per heavy atom. The van der Waals surface area contributed by atoms with E-state index in [1.54, 1.807) is 0 Å². The van der Waals surface area contributed by atoms with Gasteiger partial charge in [-0.05, 0) is 44.7 Å². The molecule has 30 heavy (non-hydrogen) atoms. The van der Waals surface area contributed by atoms with Crippen molar-refractivity contribution in [3.63, 3.8) is 0 Å². The molecular weight excluding hydrogens is 382 g/mol. The summed E-state index contributed by atoms with van der Waals surface area (Å²) in [5.41, 5.74) is 2.25. The van der Waals surface area contributed by atoms with Gasteiger partial charge in [0.25, 0.3) is 0 Å². The highest BCUT2D eigenvalue weighted by Gasteiger charge is 2.44. The second-order valence-electron chi connectivity index (χ2n) is 8.78. The van der Waals surface area contributed by atoms with Crippen molar-refractivity contribution in [1.29, 1.82) is 0 Å². The zero-order valence-corrected chi connectivity index (χ0v) is 17.7. The molecule has 1 aromatic carbocycles. The van der Waals surface area contributed by atoms with Crippen LogP contribution in [0.4, 0.5) is 10.5 Å². The van der Waals surface area contributed by atoms with Gasteiger partial charge >= 0.3 is 6.03 Å². The van der Waals surface area contributed by atoms with Crippen LogP contribution in [-0.2, 0) is 16.0 Å². The Bertz CT molecular complexity index is 827. The van der Waals surface area contributed by atoms with E-state index in [0.29, 0.717) is 32.4 Å². The van der Waals surface area contributed by atoms with Crippen LogP contribution in [0, 0.1) is 0 Å². The fourth-order valence-corrected chi connectivity index (χ4v) is 4.86. The number of benzene rings is 1. The molecule has 8 heteroatoms. The van der Waals surface area contributed by atoms with E-state index in [1.807, 2.05) is 36.9 Å². The highest BCUT2D eigenvalue weighted by atomic mass is 16.2. The Morgan fingerprint density at radius 3 is 2.87 bits per heavy atom. The molecule has 0 aliphatic carbocycles. The van der Waals surface area contributed by atoms with Crippen LogP contribution < -0.4 is 20.9 Å². The normalized spacial score (nSPS) is 25.6. The number of hydrogen-bond donors (Lipinski definition) is 3. The van der Waals surface area contributed by atoms with Crippen LogP contribution in [0.5, 0.6) is 0 Å². The topological polar surface area (TPSA) is 93.8 Å². The van der Waals surface area contributed by atoms with E-state index in [9.17, 15) is 14.4 Å². The van der Waals surface area contributed by atoms with Crippen molar-refractivity contribution in [1.82, 2.24) is 20.9 Å². The first-order chi connectivity index (χ1) is 14.4. The summed E-state index contributed by atoms with van der Waals surface area (Å²) in [4.78, 5) is 41.3. The molecule has 3 N–H and O–H groups in total. The molecule has 2 saturated heterocycles. The molecule has 0 radical (unpaired) electrons. The first-order valence-corrected chi connectivity index (χ1v) is 10.9. The van der Waals surface area contributed by atoms with Gasteiger partial charge in [-0.2, -0.15) is 0 Å². The highest BCUT2D eigenvalue weighted by molar-refractivity contribution is 5.95. The summed E-state index contributed by atoms with van der Waals surface area (Å²) in [7, 11) is 0. The predicted molar refractivity (Wildman–Crippen MR) is 114 cm³/mol. The van der Waals surface area contributed by atoms with Crippen LogP contribution in [0.3, 0.4) is 0 Å². The van der Waals surface area contributed by atoms with Crippen molar-refractivity contribution >= 4 is 23.5 Å². The molecule has 4 rings (SSSR count). The summed E-state index contributed by atoms with van der Waals surface area (Å²) < 4.78 is 0. The van der Waals surface area contributed by atoms with Gasteiger partial charge in [0.05, 0.1) is 6.04 Å². The summed E-state index contributed by atoms with van der Waals surface area (Å²) in [5, 5.41) is 8.80. The zero-order valence-electron chi connectivity index (χ0n) is 17.7. The summed E-state index contributed by atoms with van der Waals surface area (Å²) in [6.45, 7) is 5.75. The number of nitrogens with one attached hydrogen (secondary N) is 3. The molecule has 0 saturated carbocycles. The number of rotatable bonds is 5. The minimum Gasteiger partial charge on any atom is -0.353 e. The van der Waals surface area contributed by atoms with Crippen LogP contribution in [0.1, 0.15) is 38.7 Å². The Hall–Kier alpha value is -2.61. The second-order valence-corrected chi connectivity index (χ2v) is 8.78. The van der Waals surface area contributed by atoms with E-state index in [2.05, 4.69) is 26.9 Å². The molecule has 162 valence electrons. The Kier molecular flexibility index (Phi) is 5.94. The second kappa shape index (κ2) is 8.63. The maximum absolute atomic E-state index is 12.9. The number of nitrogens with zero attached hydrogens (tertiary/aromatic N) is 2. The van der Waals surface area contributed by atoms with Gasteiger partial charge in [-0.3, -0.25) is 14.5 Å². The number of carbonyl (C=O) groups is 3. The highest BCUT2D eigenvalue weighted by Crippen LogP contribution is 2.29. The molecular formula is C22H31N5O3. The molecule has 1 aromatic rings. The maximum Gasteiger partial charge on any atom is 0.315 e. The van der Waals surface area contributed by atoms with E-state index in [1.165, 1.54) is 5.56 Å². The lowest BCUT2D eigenvalue weighted by atomic mass is 10.0. The van der Waals surface area contributed by atoms with E-state index in [0.717, 1.165) is 18.7 Å². The van der Waals surface area contributed by atoms with Crippen LogP contribution in [0.25, 0.3) is 0 Å². The third-order valence-electron chi connectivity index (χ3n) is 6.26. The first kappa shape index (κ1) is 20.7. The van der Waals surface area contributed by atoms with Crippen molar-refractivity contribution in [2.24, 2.45) is 0 Å². The van der Waals surface area contributed by atoms with Crippen LogP contribution >= 0.6 is 0 Å². The van der Waals surface area contributed by atoms with Crippen LogP contribution in [0.2, 0.25) is 0 Å². The van der Waals surface area contributed by atoms with Gasteiger partial charge in [0.15, 0.2) is 0 Å². The van der Waals surface area contributed by atoms with Gasteiger partial charge in [0.1, 0.15) is 0 Å². The third kappa shape index (κ3) is 4.28. The van der Waals surface area contributed by atoms with Gasteiger partial charge in [0.2, 0.25) is 11.8 Å². The van der Waals surface area contributed by atoms with Gasteiger partial charge in [-0.1, -0.05) is 18.2 Å². The van der Waals surface area contributed by atoms with E-state index < -0.39 is 0 Å². The number of anilines is 1. The zero-order chi connectivity index (χ0) is 21.3. The molecule has 3 atom stereocenters. The number of carbonyl (C=O) groups excluding carboxylic acids is 3. The Labute approximate surface area is 177 Å². The summed E-state index contributed by atoms with van der Waals surface area (Å²) in [6, 6.07) is 7.73. The van der Waals surface area contributed by atoms with Crippen molar-refractivity contribution in [3.8, 4) is 0 Å². The molecule has 0 unspecified atom stereocenters. The predicted octanol–water partition coefficient (Wildman–Crippen LogP) is 1.00. The van der Waals surface area contributed by atoms with E-state index in [4.69, 9.17) is 0 Å². The number of hydrogen-bond acceptors (Lipinski definition) is 4. The van der Waals surface area contributed by atoms with Gasteiger partial charge in [0, 0.05) is 49.9 Å². The number of amides is 4. The van der Waals surface area contributed by atoms with Crippen LogP contribution in [-0.4, -0.2) is 66.5 Å². The van der Waals surface area contributed by atoms with Gasteiger partial charge in [-0.25, -0.2) is 4.79 Å². The monoisotopic (exact) mass is 413 g/mol. The number of piperazine rings is 1. The lowest BCUT2D eigenvalue weighted by molar-refractivity contribution is -0.129. The largest absolute Gasteiger partial charge is 0.353 e.